The maximum atomic E-state index is 11.2. The van der Waals surface area contributed by atoms with E-state index in [4.69, 9.17) is 13.9 Å². The highest BCUT2D eigenvalue weighted by molar-refractivity contribution is 5.81. The Morgan fingerprint density at radius 2 is 1.68 bits per heavy atom. The third kappa shape index (κ3) is 6.83. The van der Waals surface area contributed by atoms with Crippen LogP contribution in [-0.4, -0.2) is 19.2 Å². The van der Waals surface area contributed by atoms with E-state index >= 15 is 0 Å². The van der Waals surface area contributed by atoms with Crippen LogP contribution >= 0.6 is 0 Å². The highest BCUT2D eigenvalue weighted by atomic mass is 16.5. The van der Waals surface area contributed by atoms with Gasteiger partial charge in [0.25, 0.3) is 0 Å². The molecule has 0 N–H and O–H groups in total. The van der Waals surface area contributed by atoms with Crippen LogP contribution in [0.3, 0.4) is 0 Å². The summed E-state index contributed by atoms with van der Waals surface area (Å²) in [5, 5.41) is 0.880. The lowest BCUT2D eigenvalue weighted by molar-refractivity contribution is -0.137. The molecule has 0 aliphatic carbocycles. The SMILES string of the molecule is C=CC(=O)OCCCCCCCCOc1ccc2ccc(=O)oc2c1. The van der Waals surface area contributed by atoms with E-state index in [2.05, 4.69) is 6.58 Å². The van der Waals surface area contributed by atoms with Gasteiger partial charge in [-0.3, -0.25) is 0 Å². The number of hydrogen-bond acceptors (Lipinski definition) is 5. The van der Waals surface area contributed by atoms with E-state index in [1.165, 1.54) is 12.1 Å². The number of benzene rings is 1. The number of fused-ring (bicyclic) bond motifs is 1. The van der Waals surface area contributed by atoms with E-state index in [1.54, 1.807) is 12.1 Å². The molecule has 0 aliphatic heterocycles. The molecule has 0 saturated carbocycles. The molecule has 134 valence electrons. The van der Waals surface area contributed by atoms with Crippen molar-refractivity contribution in [2.45, 2.75) is 38.5 Å². The number of unbranched alkanes of at least 4 members (excludes halogenated alkanes) is 5. The van der Waals surface area contributed by atoms with Gasteiger partial charge in [-0.1, -0.05) is 32.3 Å². The van der Waals surface area contributed by atoms with E-state index in [-0.39, 0.29) is 11.6 Å². The first kappa shape index (κ1) is 18.8. The summed E-state index contributed by atoms with van der Waals surface area (Å²) in [6, 6.07) is 8.66. The molecule has 0 fully saturated rings. The minimum absolute atomic E-state index is 0.356. The Kier molecular flexibility index (Phi) is 7.76. The van der Waals surface area contributed by atoms with Gasteiger partial charge in [-0.05, 0) is 31.0 Å². The summed E-state index contributed by atoms with van der Waals surface area (Å²) in [7, 11) is 0. The molecule has 0 unspecified atom stereocenters. The Labute approximate surface area is 147 Å². The average molecular weight is 344 g/mol. The Hall–Kier alpha value is -2.56. The van der Waals surface area contributed by atoms with Crippen LogP contribution in [0, 0.1) is 0 Å². The Balaban J connectivity index is 1.55. The van der Waals surface area contributed by atoms with Crippen molar-refractivity contribution in [3.63, 3.8) is 0 Å². The molecule has 1 aromatic heterocycles. The number of hydrogen-bond donors (Lipinski definition) is 0. The van der Waals surface area contributed by atoms with Gasteiger partial charge in [0.1, 0.15) is 11.3 Å². The molecule has 1 aromatic carbocycles. The minimum Gasteiger partial charge on any atom is -0.493 e. The van der Waals surface area contributed by atoms with Crippen molar-refractivity contribution >= 4 is 16.9 Å². The topological polar surface area (TPSA) is 65.7 Å². The molecular formula is C20H24O5. The second kappa shape index (κ2) is 10.3. The van der Waals surface area contributed by atoms with Crippen LogP contribution in [0.1, 0.15) is 38.5 Å². The number of carbonyl (C=O) groups excluding carboxylic acids is 1. The summed E-state index contributed by atoms with van der Waals surface area (Å²) < 4.78 is 15.8. The van der Waals surface area contributed by atoms with Crippen molar-refractivity contribution in [1.29, 1.82) is 0 Å². The van der Waals surface area contributed by atoms with Gasteiger partial charge >= 0.3 is 11.6 Å². The van der Waals surface area contributed by atoms with E-state index in [0.29, 0.717) is 24.5 Å². The van der Waals surface area contributed by atoms with Crippen LogP contribution < -0.4 is 10.4 Å². The van der Waals surface area contributed by atoms with E-state index in [9.17, 15) is 9.59 Å². The molecule has 0 bridgehead atoms. The van der Waals surface area contributed by atoms with Crippen molar-refractivity contribution in [2.24, 2.45) is 0 Å². The lowest BCUT2D eigenvalue weighted by atomic mass is 10.1. The summed E-state index contributed by atoms with van der Waals surface area (Å²) in [6.45, 7) is 4.46. The number of ether oxygens (including phenoxy) is 2. The summed E-state index contributed by atoms with van der Waals surface area (Å²) in [5.41, 5.74) is 0.186. The van der Waals surface area contributed by atoms with Gasteiger partial charge in [-0.2, -0.15) is 0 Å². The molecule has 5 nitrogen and oxygen atoms in total. The second-order valence-electron chi connectivity index (χ2n) is 5.80. The zero-order valence-electron chi connectivity index (χ0n) is 14.4. The maximum absolute atomic E-state index is 11.2. The smallest absolute Gasteiger partial charge is 0.336 e. The summed E-state index contributed by atoms with van der Waals surface area (Å²) in [4.78, 5) is 22.1. The minimum atomic E-state index is -0.357. The third-order valence-electron chi connectivity index (χ3n) is 3.81. The van der Waals surface area contributed by atoms with Gasteiger partial charge in [0.05, 0.1) is 13.2 Å². The predicted molar refractivity (Wildman–Crippen MR) is 96.8 cm³/mol. The highest BCUT2D eigenvalue weighted by Gasteiger charge is 2.01. The number of esters is 1. The van der Waals surface area contributed by atoms with Gasteiger partial charge in [0.15, 0.2) is 0 Å². The fourth-order valence-electron chi connectivity index (χ4n) is 2.46. The van der Waals surface area contributed by atoms with Crippen LogP contribution in [0.15, 0.2) is 52.2 Å². The third-order valence-corrected chi connectivity index (χ3v) is 3.81. The van der Waals surface area contributed by atoms with Crippen molar-refractivity contribution in [3.05, 3.63) is 53.4 Å². The largest absolute Gasteiger partial charge is 0.493 e. The second-order valence-corrected chi connectivity index (χ2v) is 5.80. The molecular weight excluding hydrogens is 320 g/mol. The van der Waals surface area contributed by atoms with Crippen molar-refractivity contribution in [2.75, 3.05) is 13.2 Å². The predicted octanol–water partition coefficient (Wildman–Crippen LogP) is 4.24. The van der Waals surface area contributed by atoms with Crippen molar-refractivity contribution in [1.82, 2.24) is 0 Å². The molecule has 0 saturated heterocycles. The lowest BCUT2D eigenvalue weighted by Crippen LogP contribution is -2.01. The molecule has 0 spiro atoms. The summed E-state index contributed by atoms with van der Waals surface area (Å²) in [6.07, 6.45) is 7.44. The molecule has 0 radical (unpaired) electrons. The Morgan fingerprint density at radius 3 is 2.44 bits per heavy atom. The van der Waals surface area contributed by atoms with Crippen LogP contribution in [-0.2, 0) is 9.53 Å². The first-order valence-electron chi connectivity index (χ1n) is 8.65. The number of carbonyl (C=O) groups is 1. The fraction of sp³-hybridized carbons (Fsp3) is 0.400. The van der Waals surface area contributed by atoms with Crippen molar-refractivity contribution < 1.29 is 18.7 Å². The summed E-state index contributed by atoms with van der Waals surface area (Å²) >= 11 is 0. The van der Waals surface area contributed by atoms with Gasteiger partial charge in [-0.25, -0.2) is 9.59 Å². The standard InChI is InChI=1S/C20H24O5/c1-2-19(21)24-14-8-6-4-3-5-7-13-23-17-11-9-16-10-12-20(22)25-18(16)15-17/h2,9-12,15H,1,3-8,13-14H2. The monoisotopic (exact) mass is 344 g/mol. The van der Waals surface area contributed by atoms with Crippen molar-refractivity contribution in [3.8, 4) is 5.75 Å². The zero-order valence-corrected chi connectivity index (χ0v) is 14.4. The Morgan fingerprint density at radius 1 is 1.00 bits per heavy atom. The van der Waals surface area contributed by atoms with Gasteiger partial charge in [-0.15, -0.1) is 0 Å². The zero-order chi connectivity index (χ0) is 17.9. The average Bonchev–Trinajstić information content (AvgIpc) is 2.62. The molecule has 2 aromatic rings. The highest BCUT2D eigenvalue weighted by Crippen LogP contribution is 2.19. The van der Waals surface area contributed by atoms with E-state index in [1.807, 2.05) is 12.1 Å². The fourth-order valence-corrected chi connectivity index (χ4v) is 2.46. The number of rotatable bonds is 11. The Bertz CT molecular complexity index is 747. The van der Waals surface area contributed by atoms with E-state index < -0.39 is 0 Å². The van der Waals surface area contributed by atoms with Gasteiger partial charge < -0.3 is 13.9 Å². The molecule has 0 aliphatic rings. The van der Waals surface area contributed by atoms with Crippen LogP contribution in [0.2, 0.25) is 0 Å². The maximum Gasteiger partial charge on any atom is 0.336 e. The first-order chi connectivity index (χ1) is 12.2. The molecule has 2 rings (SSSR count). The van der Waals surface area contributed by atoms with Crippen LogP contribution in [0.4, 0.5) is 0 Å². The van der Waals surface area contributed by atoms with Crippen LogP contribution in [0.5, 0.6) is 5.75 Å². The molecule has 5 heteroatoms. The van der Waals surface area contributed by atoms with E-state index in [0.717, 1.165) is 43.9 Å². The quantitative estimate of drug-likeness (QED) is 0.264. The van der Waals surface area contributed by atoms with Gasteiger partial charge in [0, 0.05) is 23.6 Å². The first-order valence-corrected chi connectivity index (χ1v) is 8.65. The lowest BCUT2D eigenvalue weighted by Gasteiger charge is -2.07. The molecule has 0 amide bonds. The molecule has 0 atom stereocenters. The normalized spacial score (nSPS) is 10.6. The summed E-state index contributed by atoms with van der Waals surface area (Å²) in [5.74, 6) is 0.357. The molecule has 1 heterocycles. The van der Waals surface area contributed by atoms with Gasteiger partial charge in [0.2, 0.25) is 0 Å². The molecule has 25 heavy (non-hydrogen) atoms. The van der Waals surface area contributed by atoms with Crippen LogP contribution in [0.25, 0.3) is 11.0 Å².